The molecule has 158 valence electrons. The van der Waals surface area contributed by atoms with E-state index in [1.807, 2.05) is 63.2 Å². The van der Waals surface area contributed by atoms with E-state index in [1.54, 1.807) is 24.3 Å². The number of carbonyl (C=O) groups excluding carboxylic acids is 1. The highest BCUT2D eigenvalue weighted by molar-refractivity contribution is 7.97. The van der Waals surface area contributed by atoms with Crippen molar-refractivity contribution in [2.45, 2.75) is 27.3 Å². The van der Waals surface area contributed by atoms with E-state index < -0.39 is 15.8 Å². The second kappa shape index (κ2) is 8.04. The van der Waals surface area contributed by atoms with E-state index in [9.17, 15) is 13.2 Å². The van der Waals surface area contributed by atoms with Gasteiger partial charge in [0, 0.05) is 17.5 Å². The van der Waals surface area contributed by atoms with Gasteiger partial charge in [-0.2, -0.15) is 0 Å². The smallest absolute Gasteiger partial charge is 0.270 e. The van der Waals surface area contributed by atoms with Crippen LogP contribution in [0.4, 0.5) is 11.4 Å². The lowest BCUT2D eigenvalue weighted by atomic mass is 10.1. The maximum atomic E-state index is 13.5. The van der Waals surface area contributed by atoms with Crippen molar-refractivity contribution in [3.63, 3.8) is 0 Å². The van der Waals surface area contributed by atoms with Crippen LogP contribution < -0.4 is 9.62 Å². The minimum atomic E-state index is -4.05. The molecular formula is C25H24N2O3S. The van der Waals surface area contributed by atoms with Gasteiger partial charge in [0.05, 0.1) is 12.2 Å². The Morgan fingerprint density at radius 2 is 1.58 bits per heavy atom. The molecule has 31 heavy (non-hydrogen) atoms. The number of hydrogen-bond donors (Lipinski definition) is 1. The first-order valence-corrected chi connectivity index (χ1v) is 11.5. The molecule has 0 amide bonds. The molecule has 1 N–H and O–H groups in total. The molecule has 0 bridgehead atoms. The number of Topliss-reactive ketones (excluding diaryl/α,β-unsaturated/α-hetero) is 1. The highest BCUT2D eigenvalue weighted by Crippen LogP contribution is 2.36. The number of ketones is 1. The largest absolute Gasteiger partial charge is 0.360 e. The fourth-order valence-corrected chi connectivity index (χ4v) is 5.11. The number of nitrogens with one attached hydrogen (secondary N) is 1. The molecule has 0 aliphatic carbocycles. The molecule has 4 rings (SSSR count). The van der Waals surface area contributed by atoms with Crippen LogP contribution in [0.2, 0.25) is 0 Å². The van der Waals surface area contributed by atoms with Gasteiger partial charge in [-0.15, -0.1) is 0 Å². The summed E-state index contributed by atoms with van der Waals surface area (Å²) in [4.78, 5) is 12.9. The summed E-state index contributed by atoms with van der Waals surface area (Å²) >= 11 is 0. The zero-order chi connectivity index (χ0) is 22.2. The number of rotatable bonds is 4. The molecule has 1 heterocycles. The molecule has 3 aromatic carbocycles. The monoisotopic (exact) mass is 432 g/mol. The number of carbonyl (C=O) groups is 1. The number of fused-ring (bicyclic) bond motifs is 1. The van der Waals surface area contributed by atoms with Crippen molar-refractivity contribution in [3.8, 4) is 0 Å². The third-order valence-electron chi connectivity index (χ3n) is 5.41. The van der Waals surface area contributed by atoms with Gasteiger partial charge in [-0.25, -0.2) is 8.42 Å². The average molecular weight is 433 g/mol. The Balaban J connectivity index is 1.79. The van der Waals surface area contributed by atoms with Crippen molar-refractivity contribution in [2.75, 3.05) is 9.62 Å². The molecule has 0 spiro atoms. The van der Waals surface area contributed by atoms with Crippen LogP contribution in [0, 0.1) is 20.8 Å². The van der Waals surface area contributed by atoms with Gasteiger partial charge in [-0.3, -0.25) is 9.10 Å². The summed E-state index contributed by atoms with van der Waals surface area (Å²) in [5, 5.41) is 3.04. The lowest BCUT2D eigenvalue weighted by Gasteiger charge is -2.31. The summed E-state index contributed by atoms with van der Waals surface area (Å²) in [6.45, 7) is 6.01. The Morgan fingerprint density at radius 3 is 2.32 bits per heavy atom. The Kier molecular flexibility index (Phi) is 5.41. The van der Waals surface area contributed by atoms with Gasteiger partial charge in [0.2, 0.25) is 5.78 Å². The molecule has 0 saturated carbocycles. The Labute approximate surface area is 183 Å². The third-order valence-corrected chi connectivity index (χ3v) is 7.17. The standard InChI is InChI=1S/C25H24N2O3S/c1-17-9-12-20(13-10-17)16-27-23-7-5-4-6-21(23)25(28)24(31(27,29)30)15-26-22-14-18(2)8-11-19(22)3/h4-15,26H,16H2,1-3H3/b24-15+. The fraction of sp³-hybridized carbons (Fsp3) is 0.160. The number of benzene rings is 3. The van der Waals surface area contributed by atoms with Gasteiger partial charge >= 0.3 is 0 Å². The molecule has 0 fully saturated rings. The Morgan fingerprint density at radius 1 is 0.903 bits per heavy atom. The van der Waals surface area contributed by atoms with Crippen LogP contribution in [0.5, 0.6) is 0 Å². The first kappa shape index (κ1) is 20.9. The van der Waals surface area contributed by atoms with Gasteiger partial charge in [0.25, 0.3) is 10.0 Å². The molecule has 0 saturated heterocycles. The normalized spacial score (nSPS) is 16.3. The third kappa shape index (κ3) is 3.99. The van der Waals surface area contributed by atoms with Crippen molar-refractivity contribution in [3.05, 3.63) is 106 Å². The molecule has 6 heteroatoms. The summed E-state index contributed by atoms with van der Waals surface area (Å²) in [5.74, 6) is -0.506. The second-order valence-corrected chi connectivity index (χ2v) is 9.65. The van der Waals surface area contributed by atoms with Crippen molar-refractivity contribution < 1.29 is 13.2 Å². The SMILES string of the molecule is Cc1ccc(CN2c3ccccc3C(=O)/C(=C\Nc3cc(C)ccc3C)S2(=O)=O)cc1. The minimum absolute atomic E-state index is 0.147. The van der Waals surface area contributed by atoms with E-state index in [0.29, 0.717) is 11.3 Å². The van der Waals surface area contributed by atoms with Gasteiger partial charge in [-0.05, 0) is 55.7 Å². The van der Waals surface area contributed by atoms with E-state index in [0.717, 1.165) is 27.9 Å². The average Bonchev–Trinajstić information content (AvgIpc) is 2.74. The molecule has 0 unspecified atom stereocenters. The molecule has 1 aliphatic heterocycles. The fourth-order valence-electron chi connectivity index (χ4n) is 3.59. The number of para-hydroxylation sites is 1. The van der Waals surface area contributed by atoms with Crippen molar-refractivity contribution >= 4 is 27.2 Å². The summed E-state index contributed by atoms with van der Waals surface area (Å²) in [5.41, 5.74) is 5.48. The highest BCUT2D eigenvalue weighted by Gasteiger charge is 2.40. The Hall–Kier alpha value is -3.38. The van der Waals surface area contributed by atoms with Crippen LogP contribution in [0.1, 0.15) is 32.6 Å². The van der Waals surface area contributed by atoms with Crippen LogP contribution in [-0.4, -0.2) is 14.2 Å². The van der Waals surface area contributed by atoms with Crippen LogP contribution in [0.15, 0.2) is 77.8 Å². The van der Waals surface area contributed by atoms with Crippen LogP contribution >= 0.6 is 0 Å². The van der Waals surface area contributed by atoms with Crippen LogP contribution in [-0.2, 0) is 16.6 Å². The highest BCUT2D eigenvalue weighted by atomic mass is 32.2. The second-order valence-electron chi connectivity index (χ2n) is 7.81. The van der Waals surface area contributed by atoms with Crippen molar-refractivity contribution in [1.82, 2.24) is 0 Å². The number of sulfonamides is 1. The maximum absolute atomic E-state index is 13.5. The van der Waals surface area contributed by atoms with E-state index in [4.69, 9.17) is 0 Å². The molecule has 0 aromatic heterocycles. The predicted molar refractivity (Wildman–Crippen MR) is 125 cm³/mol. The lowest BCUT2D eigenvalue weighted by molar-refractivity contribution is 0.104. The summed E-state index contributed by atoms with van der Waals surface area (Å²) in [6, 6.07) is 20.4. The molecule has 5 nitrogen and oxygen atoms in total. The molecule has 0 atom stereocenters. The lowest BCUT2D eigenvalue weighted by Crippen LogP contribution is -2.39. The summed E-state index contributed by atoms with van der Waals surface area (Å²) in [6.07, 6.45) is 1.32. The maximum Gasteiger partial charge on any atom is 0.270 e. The first-order valence-electron chi connectivity index (χ1n) is 10.0. The first-order chi connectivity index (χ1) is 14.8. The molecule has 3 aromatic rings. The van der Waals surface area contributed by atoms with E-state index in [2.05, 4.69) is 5.32 Å². The van der Waals surface area contributed by atoms with Gasteiger partial charge in [-0.1, -0.05) is 54.1 Å². The minimum Gasteiger partial charge on any atom is -0.360 e. The molecular weight excluding hydrogens is 408 g/mol. The van der Waals surface area contributed by atoms with Crippen LogP contribution in [0.25, 0.3) is 0 Å². The predicted octanol–water partition coefficient (Wildman–Crippen LogP) is 5.10. The van der Waals surface area contributed by atoms with E-state index in [-0.39, 0.29) is 11.4 Å². The topological polar surface area (TPSA) is 66.5 Å². The van der Waals surface area contributed by atoms with Crippen molar-refractivity contribution in [2.24, 2.45) is 0 Å². The summed E-state index contributed by atoms with van der Waals surface area (Å²) in [7, 11) is -4.05. The van der Waals surface area contributed by atoms with Gasteiger partial charge in [0.1, 0.15) is 0 Å². The van der Waals surface area contributed by atoms with Gasteiger partial charge in [0.15, 0.2) is 4.91 Å². The quantitative estimate of drug-likeness (QED) is 0.583. The zero-order valence-corrected chi connectivity index (χ0v) is 18.5. The number of anilines is 2. The van der Waals surface area contributed by atoms with Gasteiger partial charge < -0.3 is 5.32 Å². The van der Waals surface area contributed by atoms with Crippen LogP contribution in [0.3, 0.4) is 0 Å². The number of nitrogens with zero attached hydrogens (tertiary/aromatic N) is 1. The Bertz CT molecular complexity index is 1290. The summed E-state index contributed by atoms with van der Waals surface area (Å²) < 4.78 is 28.4. The number of hydrogen-bond acceptors (Lipinski definition) is 4. The number of allylic oxidation sites excluding steroid dienone is 1. The van der Waals surface area contributed by atoms with Crippen molar-refractivity contribution in [1.29, 1.82) is 0 Å². The van der Waals surface area contributed by atoms with E-state index >= 15 is 0 Å². The molecule has 0 radical (unpaired) electrons. The van der Waals surface area contributed by atoms with E-state index in [1.165, 1.54) is 10.5 Å². The zero-order valence-electron chi connectivity index (χ0n) is 17.7. The number of aryl methyl sites for hydroxylation is 3. The molecule has 1 aliphatic rings.